The monoisotopic (exact) mass is 481 g/mol. The highest BCUT2D eigenvalue weighted by Gasteiger charge is 2.58. The number of ether oxygens (including phenoxy) is 3. The number of hydrogen-bond acceptors (Lipinski definition) is 7. The molecule has 2 saturated heterocycles. The summed E-state index contributed by atoms with van der Waals surface area (Å²) < 4.78 is 48.8. The fourth-order valence-electron chi connectivity index (χ4n) is 4.58. The Morgan fingerprint density at radius 3 is 2.67 bits per heavy atom. The van der Waals surface area contributed by atoms with Crippen LogP contribution in [0.4, 0.5) is 8.78 Å². The third-order valence-electron chi connectivity index (χ3n) is 5.98. The summed E-state index contributed by atoms with van der Waals surface area (Å²) >= 11 is 6.17. The summed E-state index contributed by atoms with van der Waals surface area (Å²) in [5, 5.41) is 21.3. The Morgan fingerprint density at radius 2 is 1.91 bits per heavy atom. The minimum absolute atomic E-state index is 0.0583. The van der Waals surface area contributed by atoms with E-state index in [9.17, 15) is 19.0 Å². The van der Waals surface area contributed by atoms with Crippen molar-refractivity contribution in [2.45, 2.75) is 56.2 Å². The molecule has 8 nitrogen and oxygen atoms in total. The largest absolute Gasteiger partial charge is 0.390 e. The average molecular weight is 482 g/mol. The second kappa shape index (κ2) is 7.93. The maximum absolute atomic E-state index is 14.4. The van der Waals surface area contributed by atoms with Crippen LogP contribution in [0.15, 0.2) is 42.9 Å². The summed E-state index contributed by atoms with van der Waals surface area (Å²) in [6.45, 7) is 2.07. The van der Waals surface area contributed by atoms with Gasteiger partial charge in [-0.1, -0.05) is 35.9 Å². The standard InChI is InChI=1S/C22H22ClF2N3O5/c1-21(2)32-16-15(14(30)11-5-3-4-6-13(11)22(24,25)9-29)31-20(17(16)33-21)28-8-7-12-18(23)26-10-27-19(12)28/h3-8,10,14-17,20,29-30H,9H2,1-2H3/t14?,15?,16-,17-,20-/m1/s1. The molecule has 2 aliphatic heterocycles. The average Bonchev–Trinajstić information content (AvgIpc) is 3.44. The van der Waals surface area contributed by atoms with Crippen LogP contribution in [0.5, 0.6) is 0 Å². The van der Waals surface area contributed by atoms with Gasteiger partial charge in [-0.15, -0.1) is 0 Å². The van der Waals surface area contributed by atoms with Gasteiger partial charge in [0.1, 0.15) is 48.2 Å². The SMILES string of the molecule is CC1(C)O[C@@H]2[C@H](O1)C(C(O)c1ccccc1C(F)(F)CO)O[C@H]2n1ccc2c(Cl)ncnc21. The molecule has 5 atom stereocenters. The van der Waals surface area contributed by atoms with E-state index >= 15 is 0 Å². The van der Waals surface area contributed by atoms with Gasteiger partial charge in [0.2, 0.25) is 0 Å². The van der Waals surface area contributed by atoms with Crippen molar-refractivity contribution in [3.8, 4) is 0 Å². The molecule has 3 aromatic rings. The number of halogens is 3. The zero-order chi connectivity index (χ0) is 23.5. The van der Waals surface area contributed by atoms with Crippen molar-refractivity contribution >= 4 is 22.6 Å². The Bertz CT molecular complexity index is 1190. The van der Waals surface area contributed by atoms with Crippen LogP contribution in [0.1, 0.15) is 37.3 Å². The van der Waals surface area contributed by atoms with Gasteiger partial charge in [0.25, 0.3) is 5.92 Å². The zero-order valence-corrected chi connectivity index (χ0v) is 18.5. The Labute approximate surface area is 192 Å². The first kappa shape index (κ1) is 22.6. The summed E-state index contributed by atoms with van der Waals surface area (Å²) in [7, 11) is 0. The normalized spacial score (nSPS) is 27.7. The molecule has 11 heteroatoms. The van der Waals surface area contributed by atoms with Gasteiger partial charge in [-0.25, -0.2) is 9.97 Å². The predicted octanol–water partition coefficient (Wildman–Crippen LogP) is 3.32. The number of hydrogen-bond donors (Lipinski definition) is 2. The van der Waals surface area contributed by atoms with Crippen molar-refractivity contribution < 1.29 is 33.2 Å². The molecule has 0 saturated carbocycles. The first-order chi connectivity index (χ1) is 15.6. The van der Waals surface area contributed by atoms with Crippen molar-refractivity contribution in [2.24, 2.45) is 0 Å². The summed E-state index contributed by atoms with van der Waals surface area (Å²) in [4.78, 5) is 8.26. The van der Waals surface area contributed by atoms with Crippen LogP contribution >= 0.6 is 11.6 Å². The number of rotatable bonds is 5. The summed E-state index contributed by atoms with van der Waals surface area (Å²) in [6.07, 6.45) is -1.67. The van der Waals surface area contributed by atoms with E-state index in [-0.39, 0.29) is 10.7 Å². The lowest BCUT2D eigenvalue weighted by Gasteiger charge is -2.29. The van der Waals surface area contributed by atoms with E-state index in [0.717, 1.165) is 0 Å². The smallest absolute Gasteiger partial charge is 0.296 e. The molecule has 0 radical (unpaired) electrons. The van der Waals surface area contributed by atoms with E-state index in [1.165, 1.54) is 30.6 Å². The maximum atomic E-state index is 14.4. The minimum Gasteiger partial charge on any atom is -0.390 e. The number of benzene rings is 1. The molecule has 0 bridgehead atoms. The molecule has 2 unspecified atom stereocenters. The van der Waals surface area contributed by atoms with Crippen molar-refractivity contribution in [2.75, 3.05) is 6.61 Å². The van der Waals surface area contributed by atoms with Crippen LogP contribution in [0.25, 0.3) is 11.0 Å². The molecule has 1 aromatic carbocycles. The number of alkyl halides is 2. The van der Waals surface area contributed by atoms with Gasteiger partial charge >= 0.3 is 0 Å². The van der Waals surface area contributed by atoms with E-state index in [1.54, 1.807) is 30.7 Å². The molecule has 5 rings (SSSR count). The fraction of sp³-hybridized carbons (Fsp3) is 0.455. The molecular weight excluding hydrogens is 460 g/mol. The van der Waals surface area contributed by atoms with Gasteiger partial charge in [0.15, 0.2) is 12.0 Å². The van der Waals surface area contributed by atoms with Gasteiger partial charge in [-0.05, 0) is 25.5 Å². The highest BCUT2D eigenvalue weighted by atomic mass is 35.5. The number of aromatic nitrogens is 3. The highest BCUT2D eigenvalue weighted by molar-refractivity contribution is 6.33. The lowest BCUT2D eigenvalue weighted by atomic mass is 9.92. The molecule has 2 fully saturated rings. The Balaban J connectivity index is 1.55. The molecule has 0 aliphatic carbocycles. The summed E-state index contributed by atoms with van der Waals surface area (Å²) in [5.74, 6) is -4.52. The molecule has 2 aliphatic rings. The van der Waals surface area contributed by atoms with Gasteiger partial charge in [0.05, 0.1) is 5.39 Å². The van der Waals surface area contributed by atoms with E-state index < -0.39 is 54.5 Å². The van der Waals surface area contributed by atoms with E-state index in [2.05, 4.69) is 9.97 Å². The van der Waals surface area contributed by atoms with E-state index in [4.69, 9.17) is 25.8 Å². The summed E-state index contributed by atoms with van der Waals surface area (Å²) in [5.41, 5.74) is -0.0425. The first-order valence-electron chi connectivity index (χ1n) is 10.4. The third-order valence-corrected chi connectivity index (χ3v) is 6.28. The minimum atomic E-state index is -3.54. The maximum Gasteiger partial charge on any atom is 0.296 e. The van der Waals surface area contributed by atoms with Crippen LogP contribution in [0, 0.1) is 0 Å². The molecular formula is C22H22ClF2N3O5. The van der Waals surface area contributed by atoms with Gasteiger partial charge in [0, 0.05) is 11.8 Å². The summed E-state index contributed by atoms with van der Waals surface area (Å²) in [6, 6.07) is 7.25. The van der Waals surface area contributed by atoms with Crippen LogP contribution in [-0.2, 0) is 20.1 Å². The van der Waals surface area contributed by atoms with Gasteiger partial charge < -0.3 is 29.0 Å². The third kappa shape index (κ3) is 3.71. The van der Waals surface area contributed by atoms with Crippen molar-refractivity contribution in [1.82, 2.24) is 14.5 Å². The second-order valence-corrected chi connectivity index (χ2v) is 8.93. The molecule has 176 valence electrons. The number of nitrogens with zero attached hydrogens (tertiary/aromatic N) is 3. The Kier molecular flexibility index (Phi) is 5.43. The van der Waals surface area contributed by atoms with Gasteiger partial charge in [-0.3, -0.25) is 0 Å². The van der Waals surface area contributed by atoms with E-state index in [1.807, 2.05) is 0 Å². The quantitative estimate of drug-likeness (QED) is 0.539. The molecule has 33 heavy (non-hydrogen) atoms. The predicted molar refractivity (Wildman–Crippen MR) is 113 cm³/mol. The topological polar surface area (TPSA) is 98.9 Å². The zero-order valence-electron chi connectivity index (χ0n) is 17.7. The second-order valence-electron chi connectivity index (χ2n) is 8.58. The number of aliphatic hydroxyl groups excluding tert-OH is 2. The lowest BCUT2D eigenvalue weighted by molar-refractivity contribution is -0.207. The van der Waals surface area contributed by atoms with Crippen molar-refractivity contribution in [3.63, 3.8) is 0 Å². The van der Waals surface area contributed by atoms with Crippen LogP contribution in [0.3, 0.4) is 0 Å². The van der Waals surface area contributed by atoms with Crippen LogP contribution < -0.4 is 0 Å². The van der Waals surface area contributed by atoms with Crippen molar-refractivity contribution in [1.29, 1.82) is 0 Å². The first-order valence-corrected chi connectivity index (χ1v) is 10.7. The Hall–Kier alpha value is -2.21. The lowest BCUT2D eigenvalue weighted by Crippen LogP contribution is -2.35. The highest BCUT2D eigenvalue weighted by Crippen LogP contribution is 2.48. The van der Waals surface area contributed by atoms with Crippen molar-refractivity contribution in [3.05, 3.63) is 59.1 Å². The Morgan fingerprint density at radius 1 is 1.18 bits per heavy atom. The fourth-order valence-corrected chi connectivity index (χ4v) is 4.77. The number of fused-ring (bicyclic) bond motifs is 2. The van der Waals surface area contributed by atoms with Gasteiger partial charge in [-0.2, -0.15) is 8.78 Å². The molecule has 2 N–H and O–H groups in total. The molecule has 0 spiro atoms. The van der Waals surface area contributed by atoms with Crippen LogP contribution in [0.2, 0.25) is 5.15 Å². The van der Waals surface area contributed by atoms with Crippen LogP contribution in [-0.4, -0.2) is 55.5 Å². The number of aliphatic hydroxyl groups is 2. The molecule has 2 aromatic heterocycles. The van der Waals surface area contributed by atoms with E-state index in [0.29, 0.717) is 11.0 Å². The molecule has 0 amide bonds. The molecule has 4 heterocycles.